The van der Waals surface area contributed by atoms with E-state index in [2.05, 4.69) is 16.8 Å². The second-order valence-electron chi connectivity index (χ2n) is 2.79. The molecule has 4 heteroatoms. The van der Waals surface area contributed by atoms with E-state index >= 15 is 0 Å². The Balaban J connectivity index is 2.46. The molecule has 2 rings (SSSR count). The number of ether oxygens (including phenoxy) is 1. The Morgan fingerprint density at radius 1 is 1.53 bits per heavy atom. The molecule has 0 aliphatic heterocycles. The first-order valence-electron chi connectivity index (χ1n) is 4.33. The van der Waals surface area contributed by atoms with Crippen LogP contribution in [0.15, 0.2) is 18.2 Å². The number of methoxy groups -OCH3 is 1. The van der Waals surface area contributed by atoms with Crippen molar-refractivity contribution < 1.29 is 4.74 Å². The molecular formula is C11H8ClNOS. The van der Waals surface area contributed by atoms with Crippen LogP contribution in [0.4, 0.5) is 0 Å². The van der Waals surface area contributed by atoms with E-state index in [1.165, 1.54) is 0 Å². The maximum absolute atomic E-state index is 5.48. The SMILES string of the molecule is COc1ccc2nc(C#CCCl)sc2c1. The molecule has 0 saturated carbocycles. The van der Waals surface area contributed by atoms with Gasteiger partial charge in [-0.05, 0) is 24.1 Å². The third-order valence-corrected chi connectivity index (χ3v) is 2.92. The van der Waals surface area contributed by atoms with Gasteiger partial charge in [0.2, 0.25) is 0 Å². The fourth-order valence-corrected chi connectivity index (χ4v) is 2.13. The summed E-state index contributed by atoms with van der Waals surface area (Å²) in [6.45, 7) is 0. The maximum atomic E-state index is 5.48. The highest BCUT2D eigenvalue weighted by Crippen LogP contribution is 2.25. The van der Waals surface area contributed by atoms with E-state index in [0.717, 1.165) is 21.0 Å². The third kappa shape index (κ3) is 2.23. The van der Waals surface area contributed by atoms with Gasteiger partial charge in [0.1, 0.15) is 5.75 Å². The van der Waals surface area contributed by atoms with Crippen molar-refractivity contribution >= 4 is 33.2 Å². The molecule has 0 bridgehead atoms. The number of rotatable bonds is 1. The Labute approximate surface area is 96.8 Å². The van der Waals surface area contributed by atoms with Crippen LogP contribution in [0.2, 0.25) is 0 Å². The highest BCUT2D eigenvalue weighted by atomic mass is 35.5. The number of nitrogens with zero attached hydrogens (tertiary/aromatic N) is 1. The molecule has 1 aromatic heterocycles. The van der Waals surface area contributed by atoms with Crippen molar-refractivity contribution in [2.45, 2.75) is 0 Å². The first-order chi connectivity index (χ1) is 7.33. The van der Waals surface area contributed by atoms with Crippen molar-refractivity contribution in [3.05, 3.63) is 23.2 Å². The summed E-state index contributed by atoms with van der Waals surface area (Å²) >= 11 is 7.02. The summed E-state index contributed by atoms with van der Waals surface area (Å²) in [5.41, 5.74) is 0.944. The number of benzene rings is 1. The fraction of sp³-hybridized carbons (Fsp3) is 0.182. The van der Waals surface area contributed by atoms with E-state index in [0.29, 0.717) is 5.88 Å². The summed E-state index contributed by atoms with van der Waals surface area (Å²) in [4.78, 5) is 4.36. The van der Waals surface area contributed by atoms with Gasteiger partial charge in [0.05, 0.1) is 23.2 Å². The van der Waals surface area contributed by atoms with Crippen molar-refractivity contribution in [1.82, 2.24) is 4.98 Å². The molecule has 1 aromatic carbocycles. The van der Waals surface area contributed by atoms with Crippen molar-refractivity contribution in [2.24, 2.45) is 0 Å². The van der Waals surface area contributed by atoms with Gasteiger partial charge in [0.25, 0.3) is 0 Å². The smallest absolute Gasteiger partial charge is 0.168 e. The predicted octanol–water partition coefficient (Wildman–Crippen LogP) is 2.90. The zero-order chi connectivity index (χ0) is 10.7. The summed E-state index contributed by atoms with van der Waals surface area (Å²) in [6, 6.07) is 5.77. The molecule has 0 aliphatic carbocycles. The number of alkyl halides is 1. The summed E-state index contributed by atoms with van der Waals surface area (Å²) in [6.07, 6.45) is 0. The van der Waals surface area contributed by atoms with Crippen molar-refractivity contribution in [1.29, 1.82) is 0 Å². The van der Waals surface area contributed by atoms with Crippen LogP contribution in [0, 0.1) is 11.8 Å². The molecule has 0 fully saturated rings. The monoisotopic (exact) mass is 237 g/mol. The highest BCUT2D eigenvalue weighted by Gasteiger charge is 2.02. The van der Waals surface area contributed by atoms with Crippen molar-refractivity contribution in [3.8, 4) is 17.6 Å². The van der Waals surface area contributed by atoms with E-state index in [-0.39, 0.29) is 0 Å². The second kappa shape index (κ2) is 4.52. The Morgan fingerprint density at radius 2 is 2.40 bits per heavy atom. The molecule has 0 aliphatic rings. The molecule has 0 atom stereocenters. The van der Waals surface area contributed by atoms with E-state index in [9.17, 15) is 0 Å². The lowest BCUT2D eigenvalue weighted by Crippen LogP contribution is -1.80. The summed E-state index contributed by atoms with van der Waals surface area (Å²) in [5, 5.41) is 0.791. The first kappa shape index (κ1) is 10.3. The van der Waals surface area contributed by atoms with Crippen LogP contribution in [0.3, 0.4) is 0 Å². The molecule has 0 amide bonds. The quantitative estimate of drug-likeness (QED) is 0.562. The minimum absolute atomic E-state index is 0.333. The van der Waals surface area contributed by atoms with Crippen LogP contribution < -0.4 is 4.74 Å². The van der Waals surface area contributed by atoms with Gasteiger partial charge in [0.15, 0.2) is 5.01 Å². The van der Waals surface area contributed by atoms with Crippen molar-refractivity contribution in [3.63, 3.8) is 0 Å². The lowest BCUT2D eigenvalue weighted by Gasteiger charge is -1.96. The van der Waals surface area contributed by atoms with Gasteiger partial charge in [-0.3, -0.25) is 0 Å². The van der Waals surface area contributed by atoms with Crippen LogP contribution in [0.1, 0.15) is 5.01 Å². The standard InChI is InChI=1S/C11H8ClNOS/c1-14-8-4-5-9-10(7-8)15-11(13-9)3-2-6-12/h4-5,7H,6H2,1H3. The van der Waals surface area contributed by atoms with Crippen LogP contribution in [0.25, 0.3) is 10.2 Å². The maximum Gasteiger partial charge on any atom is 0.168 e. The van der Waals surface area contributed by atoms with Gasteiger partial charge in [-0.1, -0.05) is 5.92 Å². The predicted molar refractivity (Wildman–Crippen MR) is 63.8 cm³/mol. The van der Waals surface area contributed by atoms with Crippen LogP contribution >= 0.6 is 22.9 Å². The highest BCUT2D eigenvalue weighted by molar-refractivity contribution is 7.19. The molecule has 1 heterocycles. The van der Waals surface area contributed by atoms with Gasteiger partial charge >= 0.3 is 0 Å². The number of hydrogen-bond donors (Lipinski definition) is 0. The number of aromatic nitrogens is 1. The number of halogens is 1. The topological polar surface area (TPSA) is 22.1 Å². The third-order valence-electron chi connectivity index (χ3n) is 1.86. The number of fused-ring (bicyclic) bond motifs is 1. The molecule has 76 valence electrons. The fourth-order valence-electron chi connectivity index (χ4n) is 1.19. The lowest BCUT2D eigenvalue weighted by molar-refractivity contribution is 0.415. The molecule has 0 radical (unpaired) electrons. The average molecular weight is 238 g/mol. The van der Waals surface area contributed by atoms with E-state index in [1.807, 2.05) is 18.2 Å². The molecule has 2 nitrogen and oxygen atoms in total. The van der Waals surface area contributed by atoms with Crippen molar-refractivity contribution in [2.75, 3.05) is 13.0 Å². The first-order valence-corrected chi connectivity index (χ1v) is 5.68. The van der Waals surface area contributed by atoms with Crippen LogP contribution in [-0.2, 0) is 0 Å². The normalized spacial score (nSPS) is 9.73. The van der Waals surface area contributed by atoms with Gasteiger partial charge < -0.3 is 4.74 Å². The van der Waals surface area contributed by atoms with Gasteiger partial charge in [-0.15, -0.1) is 22.9 Å². The molecule has 2 aromatic rings. The Hall–Kier alpha value is -1.24. The molecule has 0 saturated heterocycles. The Bertz CT molecular complexity index is 538. The van der Waals surface area contributed by atoms with Gasteiger partial charge in [0, 0.05) is 0 Å². The van der Waals surface area contributed by atoms with Gasteiger partial charge in [-0.2, -0.15) is 0 Å². The molecule has 15 heavy (non-hydrogen) atoms. The Kier molecular flexibility index (Phi) is 3.10. The van der Waals surface area contributed by atoms with E-state index in [1.54, 1.807) is 18.4 Å². The number of thiazole rings is 1. The zero-order valence-corrected chi connectivity index (χ0v) is 9.65. The average Bonchev–Trinajstić information content (AvgIpc) is 2.67. The Morgan fingerprint density at radius 3 is 3.13 bits per heavy atom. The second-order valence-corrected chi connectivity index (χ2v) is 4.09. The van der Waals surface area contributed by atoms with Crippen LogP contribution in [0.5, 0.6) is 5.75 Å². The summed E-state index contributed by atoms with van der Waals surface area (Å²) < 4.78 is 6.21. The largest absolute Gasteiger partial charge is 0.497 e. The molecular weight excluding hydrogens is 230 g/mol. The molecule has 0 N–H and O–H groups in total. The molecule has 0 unspecified atom stereocenters. The van der Waals surface area contributed by atoms with E-state index < -0.39 is 0 Å². The minimum Gasteiger partial charge on any atom is -0.497 e. The molecule has 0 spiro atoms. The zero-order valence-electron chi connectivity index (χ0n) is 8.08. The van der Waals surface area contributed by atoms with E-state index in [4.69, 9.17) is 16.3 Å². The minimum atomic E-state index is 0.333. The summed E-state index contributed by atoms with van der Waals surface area (Å²) in [7, 11) is 1.65. The number of hydrogen-bond acceptors (Lipinski definition) is 3. The lowest BCUT2D eigenvalue weighted by atomic mass is 10.3. The van der Waals surface area contributed by atoms with Gasteiger partial charge in [-0.25, -0.2) is 4.98 Å². The summed E-state index contributed by atoms with van der Waals surface area (Å²) in [5.74, 6) is 6.86. The van der Waals surface area contributed by atoms with Crippen LogP contribution in [-0.4, -0.2) is 18.0 Å².